The zero-order valence-electron chi connectivity index (χ0n) is 10.9. The smallest absolute Gasteiger partial charge is 0.103 e. The van der Waals surface area contributed by atoms with Crippen LogP contribution < -0.4 is 10.4 Å². The van der Waals surface area contributed by atoms with Crippen LogP contribution in [0, 0.1) is 0 Å². The van der Waals surface area contributed by atoms with E-state index >= 15 is 0 Å². The van der Waals surface area contributed by atoms with Gasteiger partial charge in [-0.3, -0.25) is 0 Å². The van der Waals surface area contributed by atoms with E-state index < -0.39 is 8.80 Å². The molecule has 0 saturated heterocycles. The molecule has 0 aliphatic carbocycles. The topological polar surface area (TPSA) is 0 Å². The second-order valence-corrected chi connectivity index (χ2v) is 8.23. The molecule has 0 amide bonds. The first-order valence-electron chi connectivity index (χ1n) is 6.53. The van der Waals surface area contributed by atoms with Gasteiger partial charge in [-0.1, -0.05) is 84.0 Å². The molecule has 0 heterocycles. The van der Waals surface area contributed by atoms with E-state index in [2.05, 4.69) is 80.2 Å². The van der Waals surface area contributed by atoms with Crippen molar-refractivity contribution in [3.05, 3.63) is 73.3 Å². The van der Waals surface area contributed by atoms with E-state index in [0.717, 1.165) is 6.42 Å². The molecule has 0 nitrogen and oxygen atoms in total. The molecule has 1 heteroatoms. The Kier molecular flexibility index (Phi) is 4.54. The molecule has 0 aliphatic rings. The van der Waals surface area contributed by atoms with Crippen LogP contribution in [0.1, 0.15) is 13.3 Å². The summed E-state index contributed by atoms with van der Waals surface area (Å²) in [5.74, 6) is 0. The lowest BCUT2D eigenvalue weighted by Crippen LogP contribution is -2.45. The SMILES string of the molecule is C=CCC(C)[SiH](c1ccccc1)c1ccccc1. The van der Waals surface area contributed by atoms with Gasteiger partial charge in [-0.05, 0) is 12.0 Å². The summed E-state index contributed by atoms with van der Waals surface area (Å²) < 4.78 is 0. The van der Waals surface area contributed by atoms with E-state index in [1.54, 1.807) is 0 Å². The molecule has 0 radical (unpaired) electrons. The average molecular weight is 252 g/mol. The highest BCUT2D eigenvalue weighted by Gasteiger charge is 2.21. The summed E-state index contributed by atoms with van der Waals surface area (Å²) in [4.78, 5) is 0. The summed E-state index contributed by atoms with van der Waals surface area (Å²) in [5.41, 5.74) is 0.701. The Morgan fingerprint density at radius 2 is 1.39 bits per heavy atom. The van der Waals surface area contributed by atoms with Gasteiger partial charge in [0, 0.05) is 0 Å². The Balaban J connectivity index is 2.38. The number of benzene rings is 2. The van der Waals surface area contributed by atoms with Gasteiger partial charge in [0.1, 0.15) is 8.80 Å². The van der Waals surface area contributed by atoms with E-state index in [4.69, 9.17) is 0 Å². The minimum Gasteiger partial charge on any atom is -0.103 e. The fourth-order valence-electron chi connectivity index (χ4n) is 2.57. The third-order valence-electron chi connectivity index (χ3n) is 3.42. The Hall–Kier alpha value is -1.60. The van der Waals surface area contributed by atoms with Crippen LogP contribution in [0.25, 0.3) is 0 Å². The maximum absolute atomic E-state index is 3.89. The molecule has 1 atom stereocenters. The van der Waals surface area contributed by atoms with Crippen LogP contribution in [0.4, 0.5) is 0 Å². The number of hydrogen-bond acceptors (Lipinski definition) is 0. The van der Waals surface area contributed by atoms with Crippen molar-refractivity contribution < 1.29 is 0 Å². The molecule has 0 saturated carbocycles. The van der Waals surface area contributed by atoms with Crippen molar-refractivity contribution in [3.63, 3.8) is 0 Å². The van der Waals surface area contributed by atoms with E-state index in [1.807, 2.05) is 0 Å². The highest BCUT2D eigenvalue weighted by Crippen LogP contribution is 2.15. The van der Waals surface area contributed by atoms with Gasteiger partial charge in [-0.15, -0.1) is 6.58 Å². The van der Waals surface area contributed by atoms with Crippen molar-refractivity contribution in [1.29, 1.82) is 0 Å². The van der Waals surface area contributed by atoms with Gasteiger partial charge in [0.05, 0.1) is 0 Å². The second-order valence-electron chi connectivity index (χ2n) is 4.80. The van der Waals surface area contributed by atoms with Crippen LogP contribution in [0.5, 0.6) is 0 Å². The quantitative estimate of drug-likeness (QED) is 0.567. The fraction of sp³-hybridized carbons (Fsp3) is 0.176. The number of rotatable bonds is 5. The highest BCUT2D eigenvalue weighted by atomic mass is 28.3. The normalized spacial score (nSPS) is 12.3. The summed E-state index contributed by atoms with van der Waals surface area (Å²) in [7, 11) is -1.13. The molecule has 0 spiro atoms. The standard InChI is InChI=1S/C17H20Si/c1-3-10-15(2)18(16-11-6-4-7-12-16)17-13-8-5-9-14-17/h3-9,11-15,18H,1,10H2,2H3. The molecule has 0 aromatic heterocycles. The van der Waals surface area contributed by atoms with E-state index in [0.29, 0.717) is 5.54 Å². The molecule has 2 aromatic carbocycles. The van der Waals surface area contributed by atoms with E-state index in [9.17, 15) is 0 Å². The molecule has 0 fully saturated rings. The summed E-state index contributed by atoms with van der Waals surface area (Å²) in [5, 5.41) is 3.05. The molecular weight excluding hydrogens is 232 g/mol. The molecule has 92 valence electrons. The molecular formula is C17H20Si. The Labute approximate surface area is 112 Å². The molecule has 1 unspecified atom stereocenters. The van der Waals surface area contributed by atoms with Gasteiger partial charge >= 0.3 is 0 Å². The van der Waals surface area contributed by atoms with Gasteiger partial charge in [0.2, 0.25) is 0 Å². The van der Waals surface area contributed by atoms with Crippen LogP contribution in [-0.4, -0.2) is 8.80 Å². The summed E-state index contributed by atoms with van der Waals surface area (Å²) in [6, 6.07) is 21.9. The summed E-state index contributed by atoms with van der Waals surface area (Å²) >= 11 is 0. The number of allylic oxidation sites excluding steroid dienone is 1. The highest BCUT2D eigenvalue weighted by molar-refractivity contribution is 6.86. The van der Waals surface area contributed by atoms with Crippen LogP contribution in [0.2, 0.25) is 5.54 Å². The molecule has 0 bridgehead atoms. The molecule has 18 heavy (non-hydrogen) atoms. The zero-order chi connectivity index (χ0) is 12.8. The van der Waals surface area contributed by atoms with Crippen LogP contribution in [0.15, 0.2) is 73.3 Å². The first kappa shape index (κ1) is 12.8. The molecule has 2 rings (SSSR count). The average Bonchev–Trinajstić information content (AvgIpc) is 2.42. The lowest BCUT2D eigenvalue weighted by atomic mass is 10.3. The Morgan fingerprint density at radius 3 is 1.78 bits per heavy atom. The van der Waals surface area contributed by atoms with Gasteiger partial charge in [-0.2, -0.15) is 0 Å². The maximum atomic E-state index is 3.89. The minimum atomic E-state index is -1.13. The van der Waals surface area contributed by atoms with Gasteiger partial charge in [0.25, 0.3) is 0 Å². The Bertz CT molecular complexity index is 436. The molecule has 0 N–H and O–H groups in total. The lowest BCUT2D eigenvalue weighted by Gasteiger charge is -2.22. The zero-order valence-corrected chi connectivity index (χ0v) is 12.1. The van der Waals surface area contributed by atoms with Crippen LogP contribution in [0.3, 0.4) is 0 Å². The van der Waals surface area contributed by atoms with Crippen molar-refractivity contribution in [2.75, 3.05) is 0 Å². The van der Waals surface area contributed by atoms with Gasteiger partial charge in [-0.25, -0.2) is 0 Å². The van der Waals surface area contributed by atoms with Crippen molar-refractivity contribution in [1.82, 2.24) is 0 Å². The number of hydrogen-bond donors (Lipinski definition) is 0. The summed E-state index contributed by atoms with van der Waals surface area (Å²) in [6.07, 6.45) is 3.15. The third-order valence-corrected chi connectivity index (χ3v) is 7.04. The predicted molar refractivity (Wildman–Crippen MR) is 83.5 cm³/mol. The van der Waals surface area contributed by atoms with Crippen molar-refractivity contribution in [2.24, 2.45) is 0 Å². The largest absolute Gasteiger partial charge is 0.106 e. The summed E-state index contributed by atoms with van der Waals surface area (Å²) in [6.45, 7) is 6.25. The van der Waals surface area contributed by atoms with Crippen LogP contribution in [-0.2, 0) is 0 Å². The Morgan fingerprint density at radius 1 is 0.944 bits per heavy atom. The van der Waals surface area contributed by atoms with Gasteiger partial charge < -0.3 is 0 Å². The monoisotopic (exact) mass is 252 g/mol. The molecule has 0 aliphatic heterocycles. The van der Waals surface area contributed by atoms with Crippen molar-refractivity contribution in [2.45, 2.75) is 18.9 Å². The van der Waals surface area contributed by atoms with E-state index in [-0.39, 0.29) is 0 Å². The molecule has 2 aromatic rings. The lowest BCUT2D eigenvalue weighted by molar-refractivity contribution is 0.936. The fourth-order valence-corrected chi connectivity index (χ4v) is 6.01. The second kappa shape index (κ2) is 6.36. The van der Waals surface area contributed by atoms with Crippen LogP contribution >= 0.6 is 0 Å². The first-order chi connectivity index (χ1) is 8.83. The third kappa shape index (κ3) is 2.99. The minimum absolute atomic E-state index is 0.701. The predicted octanol–water partition coefficient (Wildman–Crippen LogP) is 2.99. The van der Waals surface area contributed by atoms with Crippen molar-refractivity contribution in [3.8, 4) is 0 Å². The van der Waals surface area contributed by atoms with Crippen molar-refractivity contribution >= 4 is 19.2 Å². The maximum Gasteiger partial charge on any atom is 0.106 e. The van der Waals surface area contributed by atoms with E-state index in [1.165, 1.54) is 10.4 Å². The first-order valence-corrected chi connectivity index (χ1v) is 8.36. The van der Waals surface area contributed by atoms with Gasteiger partial charge in [0.15, 0.2) is 0 Å².